The second kappa shape index (κ2) is 8.89. The minimum atomic E-state index is -0.512. The Bertz CT molecular complexity index is 434. The van der Waals surface area contributed by atoms with Crippen molar-refractivity contribution in [3.05, 3.63) is 24.3 Å². The van der Waals surface area contributed by atoms with Gasteiger partial charge in [0.1, 0.15) is 12.4 Å². The number of hydrogen-bond donors (Lipinski definition) is 3. The quantitative estimate of drug-likeness (QED) is 0.540. The fraction of sp³-hybridized carbons (Fsp3) is 0.385. The van der Waals surface area contributed by atoms with Gasteiger partial charge in [0, 0.05) is 12.2 Å². The van der Waals surface area contributed by atoms with Crippen molar-refractivity contribution in [3.63, 3.8) is 0 Å². The number of carbonyl (C=O) groups is 2. The number of nitrogens with one attached hydrogen (secondary N) is 2. The summed E-state index contributed by atoms with van der Waals surface area (Å²) in [5, 5.41) is 5.62. The summed E-state index contributed by atoms with van der Waals surface area (Å²) in [5.41, 5.74) is 5.60. The van der Waals surface area contributed by atoms with Gasteiger partial charge in [0.15, 0.2) is 0 Å². The highest BCUT2D eigenvalue weighted by molar-refractivity contribution is 5.92. The Labute approximate surface area is 117 Å². The lowest BCUT2D eigenvalue weighted by Gasteiger charge is -2.07. The van der Waals surface area contributed by atoms with Crippen LogP contribution in [-0.2, 0) is 14.3 Å². The highest BCUT2D eigenvalue weighted by Gasteiger charge is 2.02. The maximum Gasteiger partial charge on any atom is 0.243 e. The molecule has 0 saturated heterocycles. The van der Waals surface area contributed by atoms with Crippen molar-refractivity contribution in [2.75, 3.05) is 38.7 Å². The molecule has 1 aromatic rings. The highest BCUT2D eigenvalue weighted by atomic mass is 16.5. The average molecular weight is 281 g/mol. The van der Waals surface area contributed by atoms with Crippen LogP contribution in [-0.4, -0.2) is 45.2 Å². The molecule has 0 unspecified atom stereocenters. The lowest BCUT2D eigenvalue weighted by molar-refractivity contribution is -0.122. The molecule has 0 spiro atoms. The van der Waals surface area contributed by atoms with Crippen LogP contribution in [0.15, 0.2) is 24.3 Å². The first-order valence-electron chi connectivity index (χ1n) is 6.12. The molecule has 4 N–H and O–H groups in total. The summed E-state index contributed by atoms with van der Waals surface area (Å²) in [4.78, 5) is 22.0. The van der Waals surface area contributed by atoms with Crippen LogP contribution >= 0.6 is 0 Å². The van der Waals surface area contributed by atoms with Crippen molar-refractivity contribution < 1.29 is 19.1 Å². The van der Waals surface area contributed by atoms with Gasteiger partial charge in [0.2, 0.25) is 11.8 Å². The van der Waals surface area contributed by atoms with Gasteiger partial charge < -0.3 is 25.8 Å². The van der Waals surface area contributed by atoms with Gasteiger partial charge in [-0.25, -0.2) is 0 Å². The Morgan fingerprint density at radius 2 is 1.95 bits per heavy atom. The second-order valence-electron chi connectivity index (χ2n) is 3.97. The molecule has 1 rings (SSSR count). The summed E-state index contributed by atoms with van der Waals surface area (Å²) in [6.07, 6.45) is 0. The third kappa shape index (κ3) is 6.72. The van der Waals surface area contributed by atoms with Gasteiger partial charge in [0.25, 0.3) is 0 Å². The van der Waals surface area contributed by atoms with Gasteiger partial charge in [0.05, 0.1) is 20.3 Å². The number of primary amides is 1. The van der Waals surface area contributed by atoms with Crippen molar-refractivity contribution in [1.82, 2.24) is 5.32 Å². The second-order valence-corrected chi connectivity index (χ2v) is 3.97. The van der Waals surface area contributed by atoms with Gasteiger partial charge in [-0.15, -0.1) is 0 Å². The maximum atomic E-state index is 11.6. The first-order chi connectivity index (χ1) is 9.61. The van der Waals surface area contributed by atoms with E-state index in [0.29, 0.717) is 18.8 Å². The molecule has 0 aromatic heterocycles. The van der Waals surface area contributed by atoms with E-state index in [2.05, 4.69) is 10.6 Å². The molecule has 0 aliphatic carbocycles. The predicted octanol–water partition coefficient (Wildman–Crippen LogP) is -0.275. The molecule has 2 amide bonds. The number of anilines is 1. The van der Waals surface area contributed by atoms with Crippen molar-refractivity contribution in [2.45, 2.75) is 0 Å². The number of amides is 2. The van der Waals surface area contributed by atoms with E-state index in [0.717, 1.165) is 5.75 Å². The number of rotatable bonds is 9. The minimum absolute atomic E-state index is 0.111. The fourth-order valence-corrected chi connectivity index (χ4v) is 1.40. The monoisotopic (exact) mass is 281 g/mol. The lowest BCUT2D eigenvalue weighted by atomic mass is 10.3. The zero-order valence-corrected chi connectivity index (χ0v) is 11.3. The molecule has 0 fully saturated rings. The van der Waals surface area contributed by atoms with E-state index in [1.54, 1.807) is 31.4 Å². The molecule has 20 heavy (non-hydrogen) atoms. The Hall–Kier alpha value is -2.12. The van der Waals surface area contributed by atoms with Crippen molar-refractivity contribution in [1.29, 1.82) is 0 Å². The molecular weight excluding hydrogens is 262 g/mol. The van der Waals surface area contributed by atoms with E-state index < -0.39 is 5.91 Å². The number of benzene rings is 1. The summed E-state index contributed by atoms with van der Waals surface area (Å²) >= 11 is 0. The maximum absolute atomic E-state index is 11.6. The van der Waals surface area contributed by atoms with Crippen molar-refractivity contribution in [3.8, 4) is 5.75 Å². The van der Waals surface area contributed by atoms with Crippen LogP contribution in [0.25, 0.3) is 0 Å². The van der Waals surface area contributed by atoms with Crippen LogP contribution in [0.5, 0.6) is 5.75 Å². The molecule has 0 aliphatic rings. The third-order valence-electron chi connectivity index (χ3n) is 2.33. The highest BCUT2D eigenvalue weighted by Crippen LogP contribution is 2.14. The number of ether oxygens (including phenoxy) is 2. The smallest absolute Gasteiger partial charge is 0.243 e. The molecule has 0 atom stereocenters. The molecule has 0 heterocycles. The minimum Gasteiger partial charge on any atom is -0.497 e. The van der Waals surface area contributed by atoms with E-state index in [4.69, 9.17) is 15.2 Å². The third-order valence-corrected chi connectivity index (χ3v) is 2.33. The molecule has 7 nitrogen and oxygen atoms in total. The summed E-state index contributed by atoms with van der Waals surface area (Å²) in [6, 6.07) is 7.04. The van der Waals surface area contributed by atoms with Crippen LogP contribution in [0.3, 0.4) is 0 Å². The van der Waals surface area contributed by atoms with Crippen LogP contribution in [0, 0.1) is 0 Å². The first kappa shape index (κ1) is 15.9. The Morgan fingerprint density at radius 1 is 1.25 bits per heavy atom. The van der Waals surface area contributed by atoms with Crippen LogP contribution in [0.4, 0.5) is 5.69 Å². The number of carbonyl (C=O) groups excluding carboxylic acids is 2. The first-order valence-corrected chi connectivity index (χ1v) is 6.12. The van der Waals surface area contributed by atoms with E-state index in [1.165, 1.54) is 0 Å². The zero-order valence-electron chi connectivity index (χ0n) is 11.3. The van der Waals surface area contributed by atoms with Gasteiger partial charge in [-0.3, -0.25) is 9.59 Å². The van der Waals surface area contributed by atoms with Gasteiger partial charge in [-0.2, -0.15) is 0 Å². The number of hydrogen-bond acceptors (Lipinski definition) is 5. The molecule has 1 aromatic carbocycles. The molecule has 110 valence electrons. The average Bonchev–Trinajstić information content (AvgIpc) is 2.43. The lowest BCUT2D eigenvalue weighted by Crippen LogP contribution is -2.31. The Kier molecular flexibility index (Phi) is 7.08. The van der Waals surface area contributed by atoms with Crippen LogP contribution in [0.1, 0.15) is 0 Å². The summed E-state index contributed by atoms with van der Waals surface area (Å²) < 4.78 is 9.96. The summed E-state index contributed by atoms with van der Waals surface area (Å²) in [7, 11) is 1.58. The number of methoxy groups -OCH3 is 1. The molecular formula is C13H19N3O4. The standard InChI is InChI=1S/C13H19N3O4/c1-19-11-4-2-10(3-5-11)16-13(18)8-15-6-7-20-9-12(14)17/h2-5,15H,6-9H2,1H3,(H2,14,17)(H,16,18). The van der Waals surface area contributed by atoms with Gasteiger partial charge in [-0.05, 0) is 24.3 Å². The fourth-order valence-electron chi connectivity index (χ4n) is 1.40. The Balaban J connectivity index is 2.15. The normalized spacial score (nSPS) is 10.1. The van der Waals surface area contributed by atoms with Crippen LogP contribution in [0.2, 0.25) is 0 Å². The molecule has 7 heteroatoms. The molecule has 0 aliphatic heterocycles. The SMILES string of the molecule is COc1ccc(NC(=O)CNCCOCC(N)=O)cc1. The zero-order chi connectivity index (χ0) is 14.8. The summed E-state index contributed by atoms with van der Waals surface area (Å²) in [6.45, 7) is 0.827. The van der Waals surface area contributed by atoms with Crippen molar-refractivity contribution in [2.24, 2.45) is 5.73 Å². The Morgan fingerprint density at radius 3 is 2.55 bits per heavy atom. The van der Waals surface area contributed by atoms with E-state index in [1.807, 2.05) is 0 Å². The van der Waals surface area contributed by atoms with E-state index in [-0.39, 0.29) is 19.1 Å². The van der Waals surface area contributed by atoms with Gasteiger partial charge >= 0.3 is 0 Å². The topological polar surface area (TPSA) is 103 Å². The molecule has 0 radical (unpaired) electrons. The predicted molar refractivity (Wildman–Crippen MR) is 74.5 cm³/mol. The van der Waals surface area contributed by atoms with Crippen molar-refractivity contribution >= 4 is 17.5 Å². The van der Waals surface area contributed by atoms with Crippen LogP contribution < -0.4 is 21.1 Å². The summed E-state index contributed by atoms with van der Waals surface area (Å²) in [5.74, 6) is 0.0556. The van der Waals surface area contributed by atoms with Gasteiger partial charge in [-0.1, -0.05) is 0 Å². The van der Waals surface area contributed by atoms with E-state index >= 15 is 0 Å². The molecule has 0 bridgehead atoms. The number of nitrogens with two attached hydrogens (primary N) is 1. The van der Waals surface area contributed by atoms with E-state index in [9.17, 15) is 9.59 Å². The molecule has 0 saturated carbocycles. The largest absolute Gasteiger partial charge is 0.497 e.